The van der Waals surface area contributed by atoms with Gasteiger partial charge < -0.3 is 19.9 Å². The van der Waals surface area contributed by atoms with Crippen LogP contribution in [0.1, 0.15) is 42.3 Å². The number of aryl methyl sites for hydroxylation is 2. The number of amides is 1. The Morgan fingerprint density at radius 2 is 1.96 bits per heavy atom. The summed E-state index contributed by atoms with van der Waals surface area (Å²) in [5, 5.41) is 10.4. The molecular formula is C21H29N3O3. The lowest BCUT2D eigenvalue weighted by molar-refractivity contribution is -0.121. The molecule has 3 rings (SSSR count). The Balaban J connectivity index is 1.46. The topological polar surface area (TPSA) is 76.4 Å². The quantitative estimate of drug-likeness (QED) is 0.783. The molecule has 1 aromatic carbocycles. The third-order valence-corrected chi connectivity index (χ3v) is 5.38. The van der Waals surface area contributed by atoms with Gasteiger partial charge >= 0.3 is 0 Å². The summed E-state index contributed by atoms with van der Waals surface area (Å²) in [7, 11) is 0. The molecule has 146 valence electrons. The Bertz CT molecular complexity index is 742. The highest BCUT2D eigenvalue weighted by atomic mass is 16.5. The fourth-order valence-corrected chi connectivity index (χ4v) is 3.33. The molecule has 0 unspecified atom stereocenters. The van der Waals surface area contributed by atoms with Crippen molar-refractivity contribution in [3.05, 3.63) is 46.8 Å². The van der Waals surface area contributed by atoms with E-state index in [0.717, 1.165) is 60.8 Å². The van der Waals surface area contributed by atoms with Gasteiger partial charge in [-0.25, -0.2) is 0 Å². The summed E-state index contributed by atoms with van der Waals surface area (Å²) in [6.07, 6.45) is 2.59. The van der Waals surface area contributed by atoms with Crippen molar-refractivity contribution in [2.24, 2.45) is 5.41 Å². The van der Waals surface area contributed by atoms with E-state index in [1.807, 2.05) is 38.1 Å². The molecule has 6 nitrogen and oxygen atoms in total. The first kappa shape index (κ1) is 19.4. The van der Waals surface area contributed by atoms with E-state index in [4.69, 9.17) is 9.26 Å². The Morgan fingerprint density at radius 3 is 2.59 bits per heavy atom. The zero-order valence-corrected chi connectivity index (χ0v) is 16.4. The molecule has 0 bridgehead atoms. The average molecular weight is 371 g/mol. The Labute approximate surface area is 160 Å². The number of carbonyl (C=O) groups excluding carboxylic acids is 1. The first-order chi connectivity index (χ1) is 13.0. The smallest absolute Gasteiger partial charge is 0.224 e. The number of hydrogen-bond donors (Lipinski definition) is 2. The summed E-state index contributed by atoms with van der Waals surface area (Å²) in [5.41, 5.74) is 3.01. The van der Waals surface area contributed by atoms with Crippen molar-refractivity contribution in [2.45, 2.75) is 46.6 Å². The first-order valence-electron chi connectivity index (χ1n) is 9.56. The summed E-state index contributed by atoms with van der Waals surface area (Å²) in [5.74, 6) is 1.61. The first-order valence-corrected chi connectivity index (χ1v) is 9.56. The molecular weight excluding hydrogens is 342 g/mol. The molecule has 0 radical (unpaired) electrons. The van der Waals surface area contributed by atoms with Crippen molar-refractivity contribution in [2.75, 3.05) is 19.6 Å². The van der Waals surface area contributed by atoms with Crippen LogP contribution >= 0.6 is 0 Å². The maximum Gasteiger partial charge on any atom is 0.224 e. The normalized spacial score (nSPS) is 16.1. The fraction of sp³-hybridized carbons (Fsp3) is 0.524. The summed E-state index contributed by atoms with van der Waals surface area (Å²) in [6.45, 7) is 9.26. The van der Waals surface area contributed by atoms with Gasteiger partial charge in [0.15, 0.2) is 0 Å². The van der Waals surface area contributed by atoms with Crippen LogP contribution in [0.5, 0.6) is 5.75 Å². The van der Waals surface area contributed by atoms with E-state index in [-0.39, 0.29) is 11.3 Å². The number of piperidine rings is 1. The van der Waals surface area contributed by atoms with Crippen LogP contribution in [0, 0.1) is 19.3 Å². The molecule has 2 aromatic rings. The average Bonchev–Trinajstić information content (AvgIpc) is 2.98. The van der Waals surface area contributed by atoms with Gasteiger partial charge in [-0.3, -0.25) is 4.79 Å². The van der Waals surface area contributed by atoms with Gasteiger partial charge in [0.05, 0.1) is 17.7 Å². The van der Waals surface area contributed by atoms with E-state index in [1.165, 1.54) is 0 Å². The lowest BCUT2D eigenvalue weighted by atomic mass is 9.81. The van der Waals surface area contributed by atoms with E-state index in [2.05, 4.69) is 22.7 Å². The van der Waals surface area contributed by atoms with Gasteiger partial charge in [-0.05, 0) is 62.9 Å². The van der Waals surface area contributed by atoms with Crippen molar-refractivity contribution < 1.29 is 14.1 Å². The molecule has 0 spiro atoms. The summed E-state index contributed by atoms with van der Waals surface area (Å²) in [6, 6.07) is 7.67. The molecule has 1 aliphatic heterocycles. The van der Waals surface area contributed by atoms with Crippen LogP contribution in [0.25, 0.3) is 0 Å². The number of benzene rings is 1. The van der Waals surface area contributed by atoms with E-state index in [0.29, 0.717) is 13.0 Å². The summed E-state index contributed by atoms with van der Waals surface area (Å²) >= 11 is 0. The zero-order chi connectivity index (χ0) is 19.3. The second-order valence-electron chi connectivity index (χ2n) is 7.75. The van der Waals surface area contributed by atoms with Gasteiger partial charge in [0.2, 0.25) is 5.91 Å². The van der Waals surface area contributed by atoms with Gasteiger partial charge in [0.25, 0.3) is 0 Å². The number of carbonyl (C=O) groups is 1. The molecule has 1 amide bonds. The molecule has 27 heavy (non-hydrogen) atoms. The van der Waals surface area contributed by atoms with Gasteiger partial charge in [-0.15, -0.1) is 0 Å². The number of nitrogens with zero attached hydrogens (tertiary/aromatic N) is 1. The van der Waals surface area contributed by atoms with Crippen LogP contribution in [0.4, 0.5) is 0 Å². The van der Waals surface area contributed by atoms with E-state index >= 15 is 0 Å². The number of hydrogen-bond acceptors (Lipinski definition) is 5. The number of rotatable bonds is 7. The highest BCUT2D eigenvalue weighted by Gasteiger charge is 2.26. The van der Waals surface area contributed by atoms with Crippen molar-refractivity contribution >= 4 is 5.91 Å². The lowest BCUT2D eigenvalue weighted by Crippen LogP contribution is -2.43. The van der Waals surface area contributed by atoms with E-state index in [9.17, 15) is 4.79 Å². The van der Waals surface area contributed by atoms with Crippen LogP contribution in [0.15, 0.2) is 28.8 Å². The monoisotopic (exact) mass is 371 g/mol. The highest BCUT2D eigenvalue weighted by molar-refractivity contribution is 5.78. The molecule has 1 aliphatic rings. The minimum atomic E-state index is 0.0687. The Hall–Kier alpha value is -2.34. The highest BCUT2D eigenvalue weighted by Crippen LogP contribution is 2.26. The molecule has 1 aromatic heterocycles. The molecule has 1 fully saturated rings. The molecule has 2 heterocycles. The summed E-state index contributed by atoms with van der Waals surface area (Å²) in [4.78, 5) is 12.3. The van der Waals surface area contributed by atoms with Crippen LogP contribution in [-0.2, 0) is 17.8 Å². The zero-order valence-electron chi connectivity index (χ0n) is 16.4. The van der Waals surface area contributed by atoms with Gasteiger partial charge in [-0.2, -0.15) is 0 Å². The number of nitrogens with one attached hydrogen (secondary N) is 2. The molecule has 0 atom stereocenters. The van der Waals surface area contributed by atoms with Gasteiger partial charge in [0.1, 0.15) is 18.1 Å². The van der Waals surface area contributed by atoms with E-state index in [1.54, 1.807) is 0 Å². The third-order valence-electron chi connectivity index (χ3n) is 5.38. The minimum absolute atomic E-state index is 0.0687. The van der Waals surface area contributed by atoms with Crippen LogP contribution in [0.2, 0.25) is 0 Å². The van der Waals surface area contributed by atoms with Crippen molar-refractivity contribution in [1.29, 1.82) is 0 Å². The van der Waals surface area contributed by atoms with Crippen molar-refractivity contribution in [1.82, 2.24) is 15.8 Å². The second kappa shape index (κ2) is 8.57. The van der Waals surface area contributed by atoms with Gasteiger partial charge in [-0.1, -0.05) is 24.2 Å². The molecule has 0 aliphatic carbocycles. The maximum atomic E-state index is 12.3. The second-order valence-corrected chi connectivity index (χ2v) is 7.75. The van der Waals surface area contributed by atoms with Crippen molar-refractivity contribution in [3.63, 3.8) is 0 Å². The Kier molecular flexibility index (Phi) is 6.16. The predicted octanol–water partition coefficient (Wildman–Crippen LogP) is 2.92. The standard InChI is InChI=1S/C21H29N3O3/c1-15-19(16(2)27-24-15)13-26-18-6-4-17(5-7-18)12-20(25)23-14-21(3)8-10-22-11-9-21/h4-7,22H,8-14H2,1-3H3,(H,23,25). The fourth-order valence-electron chi connectivity index (χ4n) is 3.33. The number of ether oxygens (including phenoxy) is 1. The lowest BCUT2D eigenvalue weighted by Gasteiger charge is -2.34. The van der Waals surface area contributed by atoms with Crippen LogP contribution in [-0.4, -0.2) is 30.7 Å². The van der Waals surface area contributed by atoms with E-state index < -0.39 is 0 Å². The number of aromatic nitrogens is 1. The van der Waals surface area contributed by atoms with Crippen LogP contribution in [0.3, 0.4) is 0 Å². The molecule has 0 saturated carbocycles. The third kappa shape index (κ3) is 5.32. The molecule has 1 saturated heterocycles. The van der Waals surface area contributed by atoms with Gasteiger partial charge in [0, 0.05) is 6.54 Å². The Morgan fingerprint density at radius 1 is 1.26 bits per heavy atom. The SMILES string of the molecule is Cc1noc(C)c1COc1ccc(CC(=O)NCC2(C)CCNCC2)cc1. The molecule has 6 heteroatoms. The van der Waals surface area contributed by atoms with Crippen LogP contribution < -0.4 is 15.4 Å². The largest absolute Gasteiger partial charge is 0.489 e. The minimum Gasteiger partial charge on any atom is -0.489 e. The van der Waals surface area contributed by atoms with Crippen molar-refractivity contribution in [3.8, 4) is 5.75 Å². The molecule has 2 N–H and O–H groups in total. The predicted molar refractivity (Wildman–Crippen MR) is 104 cm³/mol. The maximum absolute atomic E-state index is 12.3. The summed E-state index contributed by atoms with van der Waals surface area (Å²) < 4.78 is 10.9.